The van der Waals surface area contributed by atoms with E-state index in [0.717, 1.165) is 34.1 Å². The number of benzene rings is 12. The number of rotatable bonds is 10. The molecule has 0 bridgehead atoms. The maximum Gasteiger partial charge on any atom is 0.0540 e. The van der Waals surface area contributed by atoms with Gasteiger partial charge in [-0.2, -0.15) is 0 Å². The second-order valence-corrected chi connectivity index (χ2v) is 19.6. The van der Waals surface area contributed by atoms with Gasteiger partial charge in [-0.05, 0) is 190 Å². The van der Waals surface area contributed by atoms with Crippen molar-refractivity contribution >= 4 is 66.4 Å². The number of hydrogen-bond donors (Lipinski definition) is 0. The molecule has 0 aliphatic carbocycles. The highest BCUT2D eigenvalue weighted by atomic mass is 15.2. The van der Waals surface area contributed by atoms with E-state index in [1.807, 2.05) is 0 Å². The van der Waals surface area contributed by atoms with Crippen LogP contribution in [-0.2, 0) is 0 Å². The zero-order valence-corrected chi connectivity index (χ0v) is 41.8. The van der Waals surface area contributed by atoms with Crippen LogP contribution in [0.2, 0.25) is 0 Å². The summed E-state index contributed by atoms with van der Waals surface area (Å²) in [6, 6.07) is 85.5. The first-order chi connectivity index (χ1) is 35.2. The molecule has 72 heavy (non-hydrogen) atoms. The molecule has 0 aromatic heterocycles. The smallest absolute Gasteiger partial charge is 0.0540 e. The third kappa shape index (κ3) is 7.77. The van der Waals surface area contributed by atoms with Crippen LogP contribution in [0.1, 0.15) is 33.4 Å². The van der Waals surface area contributed by atoms with Crippen LogP contribution in [0.15, 0.2) is 231 Å². The molecule has 0 saturated heterocycles. The minimum atomic E-state index is 1.11. The van der Waals surface area contributed by atoms with Gasteiger partial charge in [-0.25, -0.2) is 0 Å². The average molecular weight is 925 g/mol. The van der Waals surface area contributed by atoms with Crippen molar-refractivity contribution in [3.8, 4) is 44.5 Å². The van der Waals surface area contributed by atoms with Gasteiger partial charge in [0.25, 0.3) is 0 Å². The Morgan fingerprint density at radius 1 is 0.236 bits per heavy atom. The lowest BCUT2D eigenvalue weighted by molar-refractivity contribution is 1.26. The van der Waals surface area contributed by atoms with Crippen molar-refractivity contribution in [2.45, 2.75) is 41.5 Å². The second-order valence-electron chi connectivity index (χ2n) is 19.6. The molecule has 12 rings (SSSR count). The maximum atomic E-state index is 2.51. The SMILES string of the molecule is Cc1ccc(-c2c(C)cccc2C)cc1N(c1cccc(-c2ccccc2)c1)c1ccc2ccc3c(N(c4cccc(-c5ccccc5)c4)c4cc(-c5c(C)cccc5C)ccc4C)ccc4ccc1c2c43. The molecule has 0 aliphatic rings. The zero-order valence-electron chi connectivity index (χ0n) is 41.8. The lowest BCUT2D eigenvalue weighted by Gasteiger charge is -2.31. The molecule has 0 saturated carbocycles. The molecule has 12 aromatic rings. The fourth-order valence-corrected chi connectivity index (χ4v) is 11.4. The third-order valence-corrected chi connectivity index (χ3v) is 15.0. The van der Waals surface area contributed by atoms with Crippen LogP contribution in [0.25, 0.3) is 76.8 Å². The highest BCUT2D eigenvalue weighted by molar-refractivity contribution is 6.28. The summed E-state index contributed by atoms with van der Waals surface area (Å²) in [6.07, 6.45) is 0. The van der Waals surface area contributed by atoms with Crippen LogP contribution < -0.4 is 9.80 Å². The van der Waals surface area contributed by atoms with Crippen molar-refractivity contribution in [2.24, 2.45) is 0 Å². The monoisotopic (exact) mass is 924 g/mol. The van der Waals surface area contributed by atoms with Crippen LogP contribution >= 0.6 is 0 Å². The van der Waals surface area contributed by atoms with E-state index in [1.165, 1.54) is 110 Å². The molecule has 2 heteroatoms. The molecular weight excluding hydrogens is 869 g/mol. The van der Waals surface area contributed by atoms with E-state index in [1.54, 1.807) is 0 Å². The standard InChI is InChI=1S/C70H56N2/c1-45-29-31-57(67-47(3)17-13-18-48(67)4)43-65(45)71(59-27-15-25-55(41-59)51-21-9-7-10-22-51)63-39-35-53-34-38-62-64(40-36-54-33-37-61(63)69(53)70(54)62)72(60-28-16-26-56(42-60)52-23-11-8-12-24-52)66-44-58(32-30-46(66)2)68-49(5)19-14-20-50(68)6/h7-44H,1-6H3. The van der Waals surface area contributed by atoms with Gasteiger partial charge < -0.3 is 9.80 Å². The fourth-order valence-electron chi connectivity index (χ4n) is 11.4. The van der Waals surface area contributed by atoms with Gasteiger partial charge >= 0.3 is 0 Å². The quantitative estimate of drug-likeness (QED) is 0.126. The summed E-state index contributed by atoms with van der Waals surface area (Å²) in [5, 5.41) is 7.36. The topological polar surface area (TPSA) is 6.48 Å². The first kappa shape index (κ1) is 44.5. The van der Waals surface area contributed by atoms with E-state index in [-0.39, 0.29) is 0 Å². The summed E-state index contributed by atoms with van der Waals surface area (Å²) >= 11 is 0. The van der Waals surface area contributed by atoms with Crippen molar-refractivity contribution < 1.29 is 0 Å². The van der Waals surface area contributed by atoms with Crippen molar-refractivity contribution in [2.75, 3.05) is 9.80 Å². The highest BCUT2D eigenvalue weighted by Crippen LogP contribution is 2.50. The van der Waals surface area contributed by atoms with Gasteiger partial charge in [0.2, 0.25) is 0 Å². The number of aryl methyl sites for hydroxylation is 6. The molecule has 0 fully saturated rings. The highest BCUT2D eigenvalue weighted by Gasteiger charge is 2.25. The Hall–Kier alpha value is -8.72. The van der Waals surface area contributed by atoms with E-state index >= 15 is 0 Å². The van der Waals surface area contributed by atoms with E-state index in [9.17, 15) is 0 Å². The summed E-state index contributed by atoms with van der Waals surface area (Å²) in [5.74, 6) is 0. The molecule has 0 spiro atoms. The van der Waals surface area contributed by atoms with E-state index in [2.05, 4.69) is 282 Å². The van der Waals surface area contributed by atoms with E-state index in [0.29, 0.717) is 0 Å². The van der Waals surface area contributed by atoms with Crippen LogP contribution in [0.3, 0.4) is 0 Å². The molecule has 12 aromatic carbocycles. The van der Waals surface area contributed by atoms with Crippen LogP contribution in [-0.4, -0.2) is 0 Å². The van der Waals surface area contributed by atoms with E-state index in [4.69, 9.17) is 0 Å². The Kier molecular flexibility index (Phi) is 11.3. The molecule has 0 heterocycles. The van der Waals surface area contributed by atoms with Gasteiger partial charge in [-0.1, -0.05) is 182 Å². The summed E-state index contributed by atoms with van der Waals surface area (Å²) in [4.78, 5) is 5.02. The lowest BCUT2D eigenvalue weighted by Crippen LogP contribution is -2.13. The lowest BCUT2D eigenvalue weighted by atomic mass is 9.90. The summed E-state index contributed by atoms with van der Waals surface area (Å²) < 4.78 is 0. The van der Waals surface area contributed by atoms with E-state index < -0.39 is 0 Å². The van der Waals surface area contributed by atoms with Crippen molar-refractivity contribution in [3.05, 3.63) is 264 Å². The summed E-state index contributed by atoms with van der Waals surface area (Å²) in [7, 11) is 0. The van der Waals surface area contributed by atoms with Gasteiger partial charge in [-0.15, -0.1) is 0 Å². The second kappa shape index (κ2) is 18.2. The Bertz CT molecular complexity index is 3690. The molecule has 0 atom stereocenters. The minimum absolute atomic E-state index is 1.11. The molecule has 346 valence electrons. The van der Waals surface area contributed by atoms with Crippen LogP contribution in [0, 0.1) is 41.5 Å². The van der Waals surface area contributed by atoms with Crippen LogP contribution in [0.4, 0.5) is 34.1 Å². The van der Waals surface area contributed by atoms with Crippen molar-refractivity contribution in [3.63, 3.8) is 0 Å². The average Bonchev–Trinajstić information content (AvgIpc) is 3.41. The molecule has 0 N–H and O–H groups in total. The third-order valence-electron chi connectivity index (χ3n) is 15.0. The Labute approximate surface area is 424 Å². The Morgan fingerprint density at radius 3 is 1.00 bits per heavy atom. The molecule has 2 nitrogen and oxygen atoms in total. The molecule has 0 unspecified atom stereocenters. The molecule has 0 radical (unpaired) electrons. The minimum Gasteiger partial charge on any atom is -0.310 e. The molecular formula is C70H56N2. The largest absolute Gasteiger partial charge is 0.310 e. The predicted molar refractivity (Wildman–Crippen MR) is 310 cm³/mol. The van der Waals surface area contributed by atoms with Gasteiger partial charge in [-0.3, -0.25) is 0 Å². The van der Waals surface area contributed by atoms with Gasteiger partial charge in [0.15, 0.2) is 0 Å². The first-order valence-corrected chi connectivity index (χ1v) is 25.2. The normalized spacial score (nSPS) is 11.5. The summed E-state index contributed by atoms with van der Waals surface area (Å²) in [5.41, 5.74) is 24.0. The number of anilines is 6. The number of nitrogens with zero attached hydrogens (tertiary/aromatic N) is 2. The molecule has 0 amide bonds. The fraction of sp³-hybridized carbons (Fsp3) is 0.0857. The van der Waals surface area contributed by atoms with Gasteiger partial charge in [0.05, 0.1) is 11.4 Å². The molecule has 0 aliphatic heterocycles. The van der Waals surface area contributed by atoms with Crippen molar-refractivity contribution in [1.29, 1.82) is 0 Å². The van der Waals surface area contributed by atoms with Gasteiger partial charge in [0.1, 0.15) is 0 Å². The Morgan fingerprint density at radius 2 is 0.597 bits per heavy atom. The van der Waals surface area contributed by atoms with Crippen LogP contribution in [0.5, 0.6) is 0 Å². The summed E-state index contributed by atoms with van der Waals surface area (Å²) in [6.45, 7) is 13.4. The predicted octanol–water partition coefficient (Wildman–Crippen LogP) is 20.0. The maximum absolute atomic E-state index is 2.51. The van der Waals surface area contributed by atoms with Crippen molar-refractivity contribution in [1.82, 2.24) is 0 Å². The zero-order chi connectivity index (χ0) is 49.0. The number of hydrogen-bond acceptors (Lipinski definition) is 2. The first-order valence-electron chi connectivity index (χ1n) is 25.2. The Balaban J connectivity index is 1.11. The van der Waals surface area contributed by atoms with Gasteiger partial charge in [0, 0.05) is 33.5 Å².